The zero-order valence-electron chi connectivity index (χ0n) is 22.6. The molecule has 2 heteroatoms. The topological polar surface area (TPSA) is 9.86 Å². The van der Waals surface area contributed by atoms with Gasteiger partial charge in [0.05, 0.1) is 22.1 Å². The second-order valence-electron chi connectivity index (χ2n) is 10.8. The molecule has 2 aromatic heterocycles. The van der Waals surface area contributed by atoms with Crippen molar-refractivity contribution in [3.63, 3.8) is 0 Å². The number of hydrogen-bond acceptors (Lipinski definition) is 0. The van der Waals surface area contributed by atoms with Gasteiger partial charge in [-0.05, 0) is 91.2 Å². The Morgan fingerprint density at radius 3 is 1.50 bits per heavy atom. The third-order valence-electron chi connectivity index (χ3n) is 8.21. The number of aryl methyl sites for hydroxylation is 2. The summed E-state index contributed by atoms with van der Waals surface area (Å²) in [6.07, 6.45) is 0. The molecule has 0 saturated carbocycles. The molecule has 0 atom stereocenters. The predicted molar refractivity (Wildman–Crippen MR) is 170 cm³/mol. The van der Waals surface area contributed by atoms with Crippen LogP contribution >= 0.6 is 0 Å². The average molecular weight is 513 g/mol. The van der Waals surface area contributed by atoms with Crippen molar-refractivity contribution in [3.05, 3.63) is 145 Å². The van der Waals surface area contributed by atoms with Gasteiger partial charge in [-0.1, -0.05) is 78.4 Å². The van der Waals surface area contributed by atoms with E-state index < -0.39 is 0 Å². The highest BCUT2D eigenvalue weighted by molar-refractivity contribution is 6.12. The van der Waals surface area contributed by atoms with Crippen molar-refractivity contribution >= 4 is 43.6 Å². The molecule has 40 heavy (non-hydrogen) atoms. The first-order valence-corrected chi connectivity index (χ1v) is 13.9. The Kier molecular flexibility index (Phi) is 4.99. The van der Waals surface area contributed by atoms with Crippen molar-refractivity contribution in [2.24, 2.45) is 0 Å². The molecule has 2 nitrogen and oxygen atoms in total. The van der Waals surface area contributed by atoms with Crippen molar-refractivity contribution in [1.82, 2.24) is 9.13 Å². The lowest BCUT2D eigenvalue weighted by molar-refractivity contribution is 1.18. The van der Waals surface area contributed by atoms with Crippen LogP contribution in [0.4, 0.5) is 0 Å². The number of hydrogen-bond donors (Lipinski definition) is 0. The Balaban J connectivity index is 1.39. The Morgan fingerprint density at radius 2 is 0.825 bits per heavy atom. The summed E-state index contributed by atoms with van der Waals surface area (Å²) >= 11 is 0. The summed E-state index contributed by atoms with van der Waals surface area (Å²) in [5, 5.41) is 5.13. The van der Waals surface area contributed by atoms with E-state index >= 15 is 0 Å². The molecular formula is C38H28N2. The van der Waals surface area contributed by atoms with E-state index in [1.165, 1.54) is 77.2 Å². The van der Waals surface area contributed by atoms with Crippen LogP contribution in [0.15, 0.2) is 133 Å². The Labute approximate surface area is 233 Å². The van der Waals surface area contributed by atoms with E-state index in [1.54, 1.807) is 0 Å². The zero-order chi connectivity index (χ0) is 26.8. The SMILES string of the molecule is Cc1ccc2c(c1)c1ccc(-c3ccc4c(c3)c3ccc(C)cc3n4-c3ccccc3)cc1n2-c1ccccc1. The molecule has 8 aromatic rings. The first-order chi connectivity index (χ1) is 19.7. The fraction of sp³-hybridized carbons (Fsp3) is 0.0526. The minimum absolute atomic E-state index is 1.18. The number of para-hydroxylation sites is 2. The summed E-state index contributed by atoms with van der Waals surface area (Å²) in [5.74, 6) is 0. The third kappa shape index (κ3) is 3.43. The summed E-state index contributed by atoms with van der Waals surface area (Å²) < 4.78 is 4.79. The van der Waals surface area contributed by atoms with E-state index in [9.17, 15) is 0 Å². The van der Waals surface area contributed by atoms with E-state index in [0.717, 1.165) is 0 Å². The molecule has 0 radical (unpaired) electrons. The number of fused-ring (bicyclic) bond motifs is 6. The van der Waals surface area contributed by atoms with Crippen LogP contribution in [0.1, 0.15) is 11.1 Å². The van der Waals surface area contributed by atoms with Crippen LogP contribution in [0.5, 0.6) is 0 Å². The minimum atomic E-state index is 1.18. The van der Waals surface area contributed by atoms with Crippen molar-refractivity contribution in [3.8, 4) is 22.5 Å². The largest absolute Gasteiger partial charge is 0.309 e. The normalized spacial score (nSPS) is 11.8. The van der Waals surface area contributed by atoms with Crippen molar-refractivity contribution < 1.29 is 0 Å². The van der Waals surface area contributed by atoms with Crippen LogP contribution in [0.2, 0.25) is 0 Å². The smallest absolute Gasteiger partial charge is 0.0547 e. The van der Waals surface area contributed by atoms with Gasteiger partial charge in [0.1, 0.15) is 0 Å². The van der Waals surface area contributed by atoms with Crippen LogP contribution in [-0.2, 0) is 0 Å². The highest BCUT2D eigenvalue weighted by Gasteiger charge is 2.16. The fourth-order valence-electron chi connectivity index (χ4n) is 6.34. The van der Waals surface area contributed by atoms with Crippen molar-refractivity contribution in [2.45, 2.75) is 13.8 Å². The van der Waals surface area contributed by atoms with Gasteiger partial charge < -0.3 is 9.13 Å². The predicted octanol–water partition coefficient (Wildman–Crippen LogP) is 10.2. The summed E-state index contributed by atoms with van der Waals surface area (Å²) in [4.78, 5) is 0. The van der Waals surface area contributed by atoms with Gasteiger partial charge in [0.15, 0.2) is 0 Å². The quantitative estimate of drug-likeness (QED) is 0.223. The van der Waals surface area contributed by atoms with Crippen molar-refractivity contribution in [1.29, 1.82) is 0 Å². The molecule has 0 spiro atoms. The van der Waals surface area contributed by atoms with Gasteiger partial charge in [0.2, 0.25) is 0 Å². The van der Waals surface area contributed by atoms with E-state index in [4.69, 9.17) is 0 Å². The zero-order valence-corrected chi connectivity index (χ0v) is 22.6. The molecule has 0 bridgehead atoms. The Bertz CT molecular complexity index is 2210. The molecule has 0 saturated heterocycles. The van der Waals surface area contributed by atoms with Crippen LogP contribution in [-0.4, -0.2) is 9.13 Å². The molecule has 0 aliphatic heterocycles. The number of nitrogens with zero attached hydrogens (tertiary/aromatic N) is 2. The number of aromatic nitrogens is 2. The molecule has 6 aromatic carbocycles. The molecule has 0 aliphatic rings. The van der Waals surface area contributed by atoms with Gasteiger partial charge in [0, 0.05) is 32.9 Å². The summed E-state index contributed by atoms with van der Waals surface area (Å²) in [6.45, 7) is 4.34. The van der Waals surface area contributed by atoms with Gasteiger partial charge >= 0.3 is 0 Å². The van der Waals surface area contributed by atoms with Gasteiger partial charge in [-0.25, -0.2) is 0 Å². The first-order valence-electron chi connectivity index (χ1n) is 13.9. The van der Waals surface area contributed by atoms with Gasteiger partial charge in [-0.3, -0.25) is 0 Å². The Morgan fingerprint density at radius 1 is 0.350 bits per heavy atom. The molecule has 0 unspecified atom stereocenters. The third-order valence-corrected chi connectivity index (χ3v) is 8.21. The highest BCUT2D eigenvalue weighted by Crippen LogP contribution is 2.38. The lowest BCUT2D eigenvalue weighted by atomic mass is 10.0. The summed E-state index contributed by atoms with van der Waals surface area (Å²) in [5.41, 5.74) is 12.3. The van der Waals surface area contributed by atoms with E-state index in [2.05, 4.69) is 156 Å². The number of benzene rings is 6. The van der Waals surface area contributed by atoms with Gasteiger partial charge in [0.25, 0.3) is 0 Å². The van der Waals surface area contributed by atoms with Crippen molar-refractivity contribution in [2.75, 3.05) is 0 Å². The summed E-state index contributed by atoms with van der Waals surface area (Å²) in [6, 6.07) is 48.8. The maximum absolute atomic E-state index is 2.40. The number of rotatable bonds is 3. The van der Waals surface area contributed by atoms with E-state index in [-0.39, 0.29) is 0 Å². The second kappa shape index (κ2) is 8.72. The second-order valence-corrected chi connectivity index (χ2v) is 10.8. The van der Waals surface area contributed by atoms with Crippen LogP contribution in [0.3, 0.4) is 0 Å². The molecule has 0 amide bonds. The minimum Gasteiger partial charge on any atom is -0.309 e. The van der Waals surface area contributed by atoms with Gasteiger partial charge in [-0.15, -0.1) is 0 Å². The molecule has 190 valence electrons. The van der Waals surface area contributed by atoms with Crippen LogP contribution in [0.25, 0.3) is 66.1 Å². The summed E-state index contributed by atoms with van der Waals surface area (Å²) in [7, 11) is 0. The monoisotopic (exact) mass is 512 g/mol. The Hall–Kier alpha value is -5.08. The molecule has 2 heterocycles. The van der Waals surface area contributed by atoms with Gasteiger partial charge in [-0.2, -0.15) is 0 Å². The van der Waals surface area contributed by atoms with E-state index in [0.29, 0.717) is 0 Å². The lowest BCUT2D eigenvalue weighted by Crippen LogP contribution is -1.94. The maximum atomic E-state index is 2.40. The van der Waals surface area contributed by atoms with E-state index in [1.807, 2.05) is 0 Å². The highest BCUT2D eigenvalue weighted by atomic mass is 15.0. The molecule has 0 aliphatic carbocycles. The average Bonchev–Trinajstić information content (AvgIpc) is 3.49. The standard InChI is InChI=1S/C38H28N2/c1-25-14-19-35-33(21-25)32-18-15-28(24-38(32)40(35)30-11-7-4-8-12-30)27-16-20-36-34(23-27)31-17-13-26(2)22-37(31)39(36)29-9-5-3-6-10-29/h3-24H,1-2H3. The van der Waals surface area contributed by atoms with Crippen LogP contribution in [0, 0.1) is 13.8 Å². The molecule has 0 fully saturated rings. The lowest BCUT2D eigenvalue weighted by Gasteiger charge is -2.10. The molecule has 8 rings (SSSR count). The fourth-order valence-corrected chi connectivity index (χ4v) is 6.34. The first kappa shape index (κ1) is 22.9. The van der Waals surface area contributed by atoms with Crippen LogP contribution < -0.4 is 0 Å². The molecule has 0 N–H and O–H groups in total. The molecular weight excluding hydrogens is 484 g/mol. The maximum Gasteiger partial charge on any atom is 0.0547 e.